The van der Waals surface area contributed by atoms with Crippen LogP contribution in [-0.4, -0.2) is 54.7 Å². The molecule has 5 heteroatoms. The molecule has 1 amide bonds. The molecule has 0 bridgehead atoms. The maximum atomic E-state index is 12.1. The molecule has 3 rings (SSSR count). The molecule has 1 saturated heterocycles. The van der Waals surface area contributed by atoms with E-state index in [4.69, 9.17) is 0 Å². The van der Waals surface area contributed by atoms with Crippen LogP contribution >= 0.6 is 0 Å². The van der Waals surface area contributed by atoms with Gasteiger partial charge in [-0.1, -0.05) is 25.0 Å². The number of aromatic hydroxyl groups is 1. The second-order valence-corrected chi connectivity index (χ2v) is 6.30. The molecular weight excluding hydrogens is 278 g/mol. The predicted octanol–water partition coefficient (Wildman–Crippen LogP) is 1.57. The molecule has 2 N–H and O–H groups in total. The van der Waals surface area contributed by atoms with Crippen LogP contribution in [-0.2, 0) is 4.79 Å². The summed E-state index contributed by atoms with van der Waals surface area (Å²) >= 11 is 0. The van der Waals surface area contributed by atoms with E-state index in [-0.39, 0.29) is 5.91 Å². The summed E-state index contributed by atoms with van der Waals surface area (Å²) in [6.07, 6.45) is 4.74. The van der Waals surface area contributed by atoms with Crippen molar-refractivity contribution in [3.8, 4) is 5.75 Å². The van der Waals surface area contributed by atoms with E-state index in [1.165, 1.54) is 12.8 Å². The van der Waals surface area contributed by atoms with Crippen molar-refractivity contribution in [2.24, 2.45) is 0 Å². The number of hydrogen-bond donors (Lipinski definition) is 2. The van der Waals surface area contributed by atoms with Gasteiger partial charge >= 0.3 is 0 Å². The number of rotatable bonds is 4. The van der Waals surface area contributed by atoms with Crippen molar-refractivity contribution < 1.29 is 9.90 Å². The normalized spacial score (nSPS) is 20.3. The number of hydrogen-bond acceptors (Lipinski definition) is 4. The van der Waals surface area contributed by atoms with Gasteiger partial charge in [-0.25, -0.2) is 0 Å². The lowest BCUT2D eigenvalue weighted by Gasteiger charge is -2.36. The number of anilines is 1. The van der Waals surface area contributed by atoms with Crippen molar-refractivity contribution >= 4 is 11.6 Å². The van der Waals surface area contributed by atoms with Crippen molar-refractivity contribution in [1.29, 1.82) is 0 Å². The molecule has 2 fully saturated rings. The average molecular weight is 303 g/mol. The highest BCUT2D eigenvalue weighted by Gasteiger charge is 2.22. The summed E-state index contributed by atoms with van der Waals surface area (Å²) in [5.41, 5.74) is 0.887. The third-order valence-electron chi connectivity index (χ3n) is 4.68. The Labute approximate surface area is 131 Å². The SMILES string of the molecule is O=C(CN1CCN(c2ccccc2O)CC1)NC1CCCC1. The van der Waals surface area contributed by atoms with Crippen LogP contribution in [0.5, 0.6) is 5.75 Å². The van der Waals surface area contributed by atoms with E-state index < -0.39 is 0 Å². The second-order valence-electron chi connectivity index (χ2n) is 6.30. The van der Waals surface area contributed by atoms with E-state index >= 15 is 0 Å². The van der Waals surface area contributed by atoms with E-state index in [9.17, 15) is 9.90 Å². The number of phenols is 1. The fraction of sp³-hybridized carbons (Fsp3) is 0.588. The number of amides is 1. The second kappa shape index (κ2) is 7.01. The number of para-hydroxylation sites is 2. The van der Waals surface area contributed by atoms with Gasteiger partial charge in [-0.3, -0.25) is 9.69 Å². The minimum atomic E-state index is 0.155. The largest absolute Gasteiger partial charge is 0.506 e. The van der Waals surface area contributed by atoms with Crippen molar-refractivity contribution in [3.05, 3.63) is 24.3 Å². The zero-order valence-electron chi connectivity index (χ0n) is 13.0. The molecule has 5 nitrogen and oxygen atoms in total. The minimum absolute atomic E-state index is 0.155. The quantitative estimate of drug-likeness (QED) is 0.886. The lowest BCUT2D eigenvalue weighted by atomic mass is 10.2. The summed E-state index contributed by atoms with van der Waals surface area (Å²) in [4.78, 5) is 16.4. The first-order valence-corrected chi connectivity index (χ1v) is 8.27. The zero-order chi connectivity index (χ0) is 15.4. The Balaban J connectivity index is 1.45. The molecule has 2 aliphatic rings. The Morgan fingerprint density at radius 2 is 1.82 bits per heavy atom. The molecule has 120 valence electrons. The molecule has 1 aromatic rings. The van der Waals surface area contributed by atoms with Gasteiger partial charge in [0.05, 0.1) is 12.2 Å². The molecule has 0 unspecified atom stereocenters. The summed E-state index contributed by atoms with van der Waals surface area (Å²) < 4.78 is 0. The van der Waals surface area contributed by atoms with Crippen molar-refractivity contribution in [2.75, 3.05) is 37.6 Å². The first-order chi connectivity index (χ1) is 10.7. The number of nitrogens with one attached hydrogen (secondary N) is 1. The number of phenolic OH excluding ortho intramolecular Hbond substituents is 1. The molecule has 0 aromatic heterocycles. The third kappa shape index (κ3) is 3.71. The van der Waals surface area contributed by atoms with Crippen LogP contribution in [0.3, 0.4) is 0 Å². The highest BCUT2D eigenvalue weighted by atomic mass is 16.3. The van der Waals surface area contributed by atoms with E-state index in [0.717, 1.165) is 44.7 Å². The standard InChI is InChI=1S/C17H25N3O2/c21-16-8-4-3-7-15(16)20-11-9-19(10-12-20)13-17(22)18-14-5-1-2-6-14/h3-4,7-8,14,21H,1-2,5-6,9-13H2,(H,18,22). The van der Waals surface area contributed by atoms with Gasteiger partial charge in [0.2, 0.25) is 5.91 Å². The van der Waals surface area contributed by atoms with Crippen molar-refractivity contribution in [1.82, 2.24) is 10.2 Å². The molecular formula is C17H25N3O2. The predicted molar refractivity (Wildman–Crippen MR) is 87.2 cm³/mol. The van der Waals surface area contributed by atoms with Gasteiger partial charge in [0.25, 0.3) is 0 Å². The van der Waals surface area contributed by atoms with Crippen LogP contribution in [0, 0.1) is 0 Å². The lowest BCUT2D eigenvalue weighted by Crippen LogP contribution is -2.50. The molecule has 1 aliphatic heterocycles. The van der Waals surface area contributed by atoms with Crippen LogP contribution in [0.25, 0.3) is 0 Å². The van der Waals surface area contributed by atoms with Gasteiger partial charge in [0, 0.05) is 32.2 Å². The summed E-state index contributed by atoms with van der Waals surface area (Å²) in [5, 5.41) is 13.1. The molecule has 1 aliphatic carbocycles. The monoisotopic (exact) mass is 303 g/mol. The number of piperazine rings is 1. The van der Waals surface area contributed by atoms with Crippen LogP contribution in [0.1, 0.15) is 25.7 Å². The third-order valence-corrected chi connectivity index (χ3v) is 4.68. The highest BCUT2D eigenvalue weighted by molar-refractivity contribution is 5.78. The molecule has 0 spiro atoms. The van der Waals surface area contributed by atoms with Crippen molar-refractivity contribution in [2.45, 2.75) is 31.7 Å². The van der Waals surface area contributed by atoms with Gasteiger partial charge in [-0.15, -0.1) is 0 Å². The van der Waals surface area contributed by atoms with Gasteiger partial charge in [0.1, 0.15) is 5.75 Å². The van der Waals surface area contributed by atoms with Crippen LogP contribution in [0.15, 0.2) is 24.3 Å². The fourth-order valence-electron chi connectivity index (χ4n) is 3.43. The van der Waals surface area contributed by atoms with Gasteiger partial charge in [-0.05, 0) is 25.0 Å². The topological polar surface area (TPSA) is 55.8 Å². The molecule has 0 radical (unpaired) electrons. The number of carbonyl (C=O) groups is 1. The Bertz CT molecular complexity index is 506. The van der Waals surface area contributed by atoms with Crippen molar-refractivity contribution in [3.63, 3.8) is 0 Å². The molecule has 0 atom stereocenters. The number of benzene rings is 1. The Kier molecular flexibility index (Phi) is 4.83. The first kappa shape index (κ1) is 15.2. The summed E-state index contributed by atoms with van der Waals surface area (Å²) in [6, 6.07) is 7.84. The number of carbonyl (C=O) groups excluding carboxylic acids is 1. The molecule has 1 heterocycles. The van der Waals surface area contributed by atoms with E-state index in [1.54, 1.807) is 6.07 Å². The minimum Gasteiger partial charge on any atom is -0.506 e. The summed E-state index contributed by atoms with van der Waals surface area (Å²) in [6.45, 7) is 3.88. The maximum absolute atomic E-state index is 12.1. The molecule has 1 aromatic carbocycles. The van der Waals surface area contributed by atoms with Crippen LogP contribution in [0.2, 0.25) is 0 Å². The van der Waals surface area contributed by atoms with E-state index in [0.29, 0.717) is 18.3 Å². The van der Waals surface area contributed by atoms with Gasteiger partial charge in [-0.2, -0.15) is 0 Å². The molecule has 1 saturated carbocycles. The zero-order valence-corrected chi connectivity index (χ0v) is 13.0. The fourth-order valence-corrected chi connectivity index (χ4v) is 3.43. The van der Waals surface area contributed by atoms with Crippen LogP contribution in [0.4, 0.5) is 5.69 Å². The average Bonchev–Trinajstić information content (AvgIpc) is 3.01. The highest BCUT2D eigenvalue weighted by Crippen LogP contribution is 2.27. The van der Waals surface area contributed by atoms with Gasteiger partial charge in [0.15, 0.2) is 0 Å². The Hall–Kier alpha value is -1.75. The molecule has 22 heavy (non-hydrogen) atoms. The first-order valence-electron chi connectivity index (χ1n) is 8.27. The number of nitrogens with zero attached hydrogens (tertiary/aromatic N) is 2. The smallest absolute Gasteiger partial charge is 0.234 e. The van der Waals surface area contributed by atoms with E-state index in [2.05, 4.69) is 15.1 Å². The summed E-state index contributed by atoms with van der Waals surface area (Å²) in [5.74, 6) is 0.484. The van der Waals surface area contributed by atoms with Gasteiger partial charge < -0.3 is 15.3 Å². The Morgan fingerprint density at radius 3 is 2.50 bits per heavy atom. The van der Waals surface area contributed by atoms with Crippen LogP contribution < -0.4 is 10.2 Å². The lowest BCUT2D eigenvalue weighted by molar-refractivity contribution is -0.123. The van der Waals surface area contributed by atoms with E-state index in [1.807, 2.05) is 18.2 Å². The maximum Gasteiger partial charge on any atom is 0.234 e. The Morgan fingerprint density at radius 1 is 1.14 bits per heavy atom. The summed E-state index contributed by atoms with van der Waals surface area (Å²) in [7, 11) is 0.